The van der Waals surface area contributed by atoms with E-state index in [0.29, 0.717) is 34.9 Å². The molecule has 1 aliphatic rings. The van der Waals surface area contributed by atoms with Crippen molar-refractivity contribution >= 4 is 28.7 Å². The normalized spacial score (nSPS) is 15.7. The van der Waals surface area contributed by atoms with Crippen LogP contribution in [0.1, 0.15) is 52.1 Å². The minimum atomic E-state index is -1.18. The molecule has 0 spiro atoms. The molecule has 1 saturated heterocycles. The molecule has 1 heterocycles. The van der Waals surface area contributed by atoms with Gasteiger partial charge in [0.25, 0.3) is 5.91 Å². The second-order valence-electron chi connectivity index (χ2n) is 8.57. The first-order valence-corrected chi connectivity index (χ1v) is 13.6. The van der Waals surface area contributed by atoms with Crippen molar-refractivity contribution in [2.24, 2.45) is 0 Å². The number of aldehydes is 1. The Bertz CT molecular complexity index is 1060. The Morgan fingerprint density at radius 3 is 2.63 bits per heavy atom. The first-order valence-electron chi connectivity index (χ1n) is 11.8. The molecule has 0 aromatic heterocycles. The Morgan fingerprint density at radius 2 is 2.00 bits per heavy atom. The first kappa shape index (κ1) is 26.7. The second kappa shape index (κ2) is 12.7. The molecule has 8 nitrogen and oxygen atoms in total. The summed E-state index contributed by atoms with van der Waals surface area (Å²) in [4.78, 5) is 27.3. The maximum absolute atomic E-state index is 13.7. The number of carbonyl (C=O) groups excluding carboxylic acids is 2. The summed E-state index contributed by atoms with van der Waals surface area (Å²) in [6, 6.07) is 10.5. The van der Waals surface area contributed by atoms with Gasteiger partial charge in [-0.2, -0.15) is 0 Å². The van der Waals surface area contributed by atoms with Crippen LogP contribution >= 0.6 is 0 Å². The van der Waals surface area contributed by atoms with Crippen molar-refractivity contribution < 1.29 is 23.3 Å². The van der Waals surface area contributed by atoms with Gasteiger partial charge in [-0.05, 0) is 62.7 Å². The van der Waals surface area contributed by atoms with Gasteiger partial charge in [0, 0.05) is 41.6 Å². The quantitative estimate of drug-likeness (QED) is 0.456. The van der Waals surface area contributed by atoms with Gasteiger partial charge < -0.3 is 25.0 Å². The molecule has 2 aromatic carbocycles. The first-order chi connectivity index (χ1) is 16.9. The van der Waals surface area contributed by atoms with Gasteiger partial charge >= 0.3 is 0 Å². The van der Waals surface area contributed by atoms with E-state index in [2.05, 4.69) is 10.6 Å². The zero-order valence-electron chi connectivity index (χ0n) is 20.8. The van der Waals surface area contributed by atoms with Gasteiger partial charge in [0.1, 0.15) is 0 Å². The van der Waals surface area contributed by atoms with E-state index < -0.39 is 16.8 Å². The van der Waals surface area contributed by atoms with Crippen molar-refractivity contribution in [3.05, 3.63) is 53.1 Å². The lowest BCUT2D eigenvalue weighted by atomic mass is 10.0. The van der Waals surface area contributed by atoms with Gasteiger partial charge in [0.15, 0.2) is 17.8 Å². The summed E-state index contributed by atoms with van der Waals surface area (Å²) < 4.78 is 23.4. The van der Waals surface area contributed by atoms with E-state index in [0.717, 1.165) is 37.8 Å². The summed E-state index contributed by atoms with van der Waals surface area (Å²) in [5.41, 5.74) is 2.08. The van der Waals surface area contributed by atoms with Crippen LogP contribution in [0.15, 0.2) is 36.4 Å². The highest BCUT2D eigenvalue weighted by atomic mass is 32.2. The number of hydrogen-bond acceptors (Lipinski definition) is 7. The molecule has 1 aliphatic heterocycles. The average molecular weight is 502 g/mol. The predicted octanol–water partition coefficient (Wildman–Crippen LogP) is 3.26. The molecular formula is C26H35N3O5S. The van der Waals surface area contributed by atoms with Crippen LogP contribution in [0.2, 0.25) is 0 Å². The molecule has 0 radical (unpaired) electrons. The third kappa shape index (κ3) is 6.61. The number of rotatable bonds is 11. The van der Waals surface area contributed by atoms with Crippen LogP contribution < -0.4 is 20.1 Å². The molecule has 2 unspecified atom stereocenters. The van der Waals surface area contributed by atoms with Crippen molar-refractivity contribution in [2.75, 3.05) is 51.2 Å². The van der Waals surface area contributed by atoms with E-state index in [4.69, 9.17) is 9.47 Å². The maximum Gasteiger partial charge on any atom is 0.254 e. The lowest BCUT2D eigenvalue weighted by Gasteiger charge is -2.30. The lowest BCUT2D eigenvalue weighted by molar-refractivity contribution is 0.0742. The van der Waals surface area contributed by atoms with Gasteiger partial charge in [-0.25, -0.2) is 0 Å². The van der Waals surface area contributed by atoms with Crippen LogP contribution in [0.3, 0.4) is 0 Å². The van der Waals surface area contributed by atoms with Crippen LogP contribution in [-0.2, 0) is 10.8 Å². The summed E-state index contributed by atoms with van der Waals surface area (Å²) in [5, 5.41) is 6.76. The van der Waals surface area contributed by atoms with E-state index >= 15 is 0 Å². The number of hydrogen-bond donors (Lipinski definition) is 2. The summed E-state index contributed by atoms with van der Waals surface area (Å²) in [6.07, 6.45) is 4.23. The monoisotopic (exact) mass is 501 g/mol. The third-order valence-corrected chi connectivity index (χ3v) is 6.99. The molecule has 35 heavy (non-hydrogen) atoms. The molecular weight excluding hydrogens is 466 g/mol. The Kier molecular flexibility index (Phi) is 9.68. The van der Waals surface area contributed by atoms with E-state index in [9.17, 15) is 13.8 Å². The largest absolute Gasteiger partial charge is 0.493 e. The molecule has 1 fully saturated rings. The zero-order valence-corrected chi connectivity index (χ0v) is 21.7. The maximum atomic E-state index is 13.7. The van der Waals surface area contributed by atoms with E-state index in [1.807, 2.05) is 25.1 Å². The molecule has 1 amide bonds. The summed E-state index contributed by atoms with van der Waals surface area (Å²) in [6.45, 7) is 4.17. The van der Waals surface area contributed by atoms with E-state index in [1.165, 1.54) is 0 Å². The number of piperidine rings is 1. The third-order valence-electron chi connectivity index (χ3n) is 6.21. The molecule has 0 saturated carbocycles. The highest BCUT2D eigenvalue weighted by Crippen LogP contribution is 2.33. The fourth-order valence-corrected chi connectivity index (χ4v) is 5.21. The number of ether oxygens (including phenoxy) is 2. The van der Waals surface area contributed by atoms with Crippen LogP contribution in [0, 0.1) is 0 Å². The molecule has 190 valence electrons. The number of amides is 1. The Balaban J connectivity index is 1.94. The van der Waals surface area contributed by atoms with Gasteiger partial charge in [-0.15, -0.1) is 0 Å². The van der Waals surface area contributed by atoms with Gasteiger partial charge in [0.2, 0.25) is 0 Å². The molecule has 2 atom stereocenters. The fourth-order valence-electron chi connectivity index (χ4n) is 4.35. The number of nitrogens with zero attached hydrogens (tertiary/aromatic N) is 1. The lowest BCUT2D eigenvalue weighted by Crippen LogP contribution is -2.36. The molecule has 9 heteroatoms. The molecule has 0 aliphatic carbocycles. The van der Waals surface area contributed by atoms with Crippen LogP contribution in [0.25, 0.3) is 0 Å². The van der Waals surface area contributed by atoms with E-state index in [1.54, 1.807) is 43.5 Å². The topological polar surface area (TPSA) is 97.0 Å². The average Bonchev–Trinajstić information content (AvgIpc) is 2.87. The standard InChI is InChI=1S/C26H35N3O5S/c1-5-34-25-15-18(9-10-24(25)33-3)23(17-35(4)32)29(2)26(31)20-7-6-8-22(21(20)16-30)28-19-11-13-27-14-12-19/h6-10,15-16,19,23,27-28H,5,11-14,17H2,1-4H3. The highest BCUT2D eigenvalue weighted by Gasteiger charge is 2.27. The Hall–Kier alpha value is -2.91. The smallest absolute Gasteiger partial charge is 0.254 e. The minimum absolute atomic E-state index is 0.240. The minimum Gasteiger partial charge on any atom is -0.493 e. The van der Waals surface area contributed by atoms with Crippen LogP contribution in [-0.4, -0.2) is 73.2 Å². The van der Waals surface area contributed by atoms with E-state index in [-0.39, 0.29) is 17.7 Å². The zero-order chi connectivity index (χ0) is 25.4. The number of nitrogens with one attached hydrogen (secondary N) is 2. The van der Waals surface area contributed by atoms with Crippen molar-refractivity contribution in [3.63, 3.8) is 0 Å². The number of carbonyl (C=O) groups is 2. The molecule has 3 rings (SSSR count). The SMILES string of the molecule is CCOc1cc(C(CS(C)=O)N(C)C(=O)c2cccc(NC3CCNCC3)c2C=O)ccc1OC. The fraction of sp³-hybridized carbons (Fsp3) is 0.462. The Labute approximate surface area is 209 Å². The van der Waals surface area contributed by atoms with Gasteiger partial charge in [0.05, 0.1) is 30.9 Å². The van der Waals surface area contributed by atoms with Gasteiger partial charge in [-0.1, -0.05) is 12.1 Å². The predicted molar refractivity (Wildman–Crippen MR) is 139 cm³/mol. The summed E-state index contributed by atoms with van der Waals surface area (Å²) in [5.74, 6) is 1.07. The van der Waals surface area contributed by atoms with Gasteiger partial charge in [-0.3, -0.25) is 13.8 Å². The number of anilines is 1. The molecule has 0 bridgehead atoms. The van der Waals surface area contributed by atoms with Crippen LogP contribution in [0.4, 0.5) is 5.69 Å². The van der Waals surface area contributed by atoms with Crippen molar-refractivity contribution in [3.8, 4) is 11.5 Å². The molecule has 2 aromatic rings. The second-order valence-corrected chi connectivity index (χ2v) is 10.0. The number of methoxy groups -OCH3 is 1. The molecule has 2 N–H and O–H groups in total. The van der Waals surface area contributed by atoms with Crippen molar-refractivity contribution in [1.82, 2.24) is 10.2 Å². The number of benzene rings is 2. The Morgan fingerprint density at radius 1 is 1.26 bits per heavy atom. The highest BCUT2D eigenvalue weighted by molar-refractivity contribution is 7.84. The van der Waals surface area contributed by atoms with Crippen LogP contribution in [0.5, 0.6) is 11.5 Å². The summed E-state index contributed by atoms with van der Waals surface area (Å²) >= 11 is 0. The van der Waals surface area contributed by atoms with Crippen molar-refractivity contribution in [2.45, 2.75) is 31.8 Å². The van der Waals surface area contributed by atoms with Crippen molar-refractivity contribution in [1.29, 1.82) is 0 Å². The summed E-state index contributed by atoms with van der Waals surface area (Å²) in [7, 11) is 2.06.